The summed E-state index contributed by atoms with van der Waals surface area (Å²) in [6, 6.07) is 20.9. The van der Waals surface area contributed by atoms with E-state index < -0.39 is 49.0 Å². The monoisotopic (exact) mass is 578 g/mol. The minimum atomic E-state index is -4.87. The van der Waals surface area contributed by atoms with Crippen LogP contribution in [0.1, 0.15) is 23.1 Å². The number of esters is 1. The molecule has 10 nitrogen and oxygen atoms in total. The Balaban J connectivity index is 1.59. The van der Waals surface area contributed by atoms with Gasteiger partial charge < -0.3 is 14.8 Å². The van der Waals surface area contributed by atoms with Crippen LogP contribution in [-0.2, 0) is 54.3 Å². The number of halogens is 1. The Morgan fingerprint density at radius 2 is 1.28 bits per heavy atom. The van der Waals surface area contributed by atoms with E-state index in [4.69, 9.17) is 9.47 Å². The largest absolute Gasteiger partial charge is 0.459 e. The van der Waals surface area contributed by atoms with Crippen molar-refractivity contribution in [1.82, 2.24) is 10.0 Å². The van der Waals surface area contributed by atoms with Crippen LogP contribution in [0, 0.1) is 0 Å². The second-order valence-corrected chi connectivity index (χ2v) is 11.6. The van der Waals surface area contributed by atoms with E-state index in [9.17, 15) is 30.3 Å². The fourth-order valence-electron chi connectivity index (χ4n) is 3.29. The zero-order valence-corrected chi connectivity index (χ0v) is 22.3. The number of hydrogen-bond acceptors (Lipinski definition) is 8. The predicted octanol–water partition coefficient (Wildman–Crippen LogP) is 3.19. The van der Waals surface area contributed by atoms with Crippen molar-refractivity contribution in [3.8, 4) is 0 Å². The summed E-state index contributed by atoms with van der Waals surface area (Å²) in [4.78, 5) is 24.6. The molecular weight excluding hydrogens is 551 g/mol. The standard InChI is InChI=1S/C26H27FN2O8S2/c27-39(34,35)23-13-11-20(12-14-23)17-28-38(32,33)16-15-24(25(30)36-18-21-7-3-1-4-8-21)29-26(31)37-19-22-9-5-2-6-10-22/h1-14,24,28H,15-19H2,(H,29,31)/t24-/m1/s1. The Labute approximate surface area is 226 Å². The zero-order valence-electron chi connectivity index (χ0n) is 20.7. The van der Waals surface area contributed by atoms with Gasteiger partial charge in [0.25, 0.3) is 0 Å². The maximum absolute atomic E-state index is 13.0. The van der Waals surface area contributed by atoms with Crippen LogP contribution in [0.15, 0.2) is 89.8 Å². The predicted molar refractivity (Wildman–Crippen MR) is 140 cm³/mol. The lowest BCUT2D eigenvalue weighted by molar-refractivity contribution is -0.147. The second-order valence-electron chi connectivity index (χ2n) is 8.36. The zero-order chi connectivity index (χ0) is 28.3. The van der Waals surface area contributed by atoms with Crippen LogP contribution >= 0.6 is 0 Å². The van der Waals surface area contributed by atoms with Crippen LogP contribution in [0.5, 0.6) is 0 Å². The molecule has 0 aliphatic heterocycles. The third-order valence-electron chi connectivity index (χ3n) is 5.39. The number of nitrogens with one attached hydrogen (secondary N) is 2. The molecule has 208 valence electrons. The Hall–Kier alpha value is -3.81. The van der Waals surface area contributed by atoms with Crippen molar-refractivity contribution in [3.63, 3.8) is 0 Å². The molecule has 0 bridgehead atoms. The fourth-order valence-corrected chi connectivity index (χ4v) is 4.83. The highest BCUT2D eigenvalue weighted by Gasteiger charge is 2.26. The van der Waals surface area contributed by atoms with E-state index in [-0.39, 0.29) is 26.2 Å². The molecule has 0 heterocycles. The summed E-state index contributed by atoms with van der Waals surface area (Å²) in [5, 5.41) is 2.37. The van der Waals surface area contributed by atoms with Crippen LogP contribution in [-0.4, -0.2) is 40.7 Å². The first kappa shape index (κ1) is 29.7. The summed E-state index contributed by atoms with van der Waals surface area (Å²) in [7, 11) is -8.82. The van der Waals surface area contributed by atoms with Crippen LogP contribution < -0.4 is 10.0 Å². The molecule has 3 rings (SSSR count). The van der Waals surface area contributed by atoms with Crippen molar-refractivity contribution in [2.24, 2.45) is 0 Å². The molecule has 1 amide bonds. The number of carbonyl (C=O) groups excluding carboxylic acids is 2. The van der Waals surface area contributed by atoms with Crippen molar-refractivity contribution >= 4 is 32.3 Å². The summed E-state index contributed by atoms with van der Waals surface area (Å²) in [5.74, 6) is -1.39. The summed E-state index contributed by atoms with van der Waals surface area (Å²) in [6.07, 6.45) is -1.24. The van der Waals surface area contributed by atoms with Crippen molar-refractivity contribution in [2.75, 3.05) is 5.75 Å². The Kier molecular flexibility index (Phi) is 10.5. The number of hydrogen-bond donors (Lipinski definition) is 2. The normalized spacial score (nSPS) is 12.3. The van der Waals surface area contributed by atoms with E-state index in [1.807, 2.05) is 0 Å². The summed E-state index contributed by atoms with van der Waals surface area (Å²) >= 11 is 0. The molecule has 0 aliphatic carbocycles. The maximum atomic E-state index is 13.0. The molecule has 0 aromatic heterocycles. The highest BCUT2D eigenvalue weighted by molar-refractivity contribution is 7.89. The lowest BCUT2D eigenvalue weighted by Gasteiger charge is -2.18. The number of sulfonamides is 1. The molecule has 0 radical (unpaired) electrons. The Bertz CT molecular complexity index is 1450. The van der Waals surface area contributed by atoms with Crippen LogP contribution in [0.4, 0.5) is 8.68 Å². The number of amides is 1. The topological polar surface area (TPSA) is 145 Å². The maximum Gasteiger partial charge on any atom is 0.408 e. The molecule has 3 aromatic rings. The quantitative estimate of drug-likeness (QED) is 0.232. The first-order valence-corrected chi connectivity index (χ1v) is 14.7. The van der Waals surface area contributed by atoms with Gasteiger partial charge in [-0.1, -0.05) is 72.8 Å². The molecule has 0 saturated heterocycles. The molecule has 0 fully saturated rings. The second kappa shape index (κ2) is 13.8. The number of benzene rings is 3. The van der Waals surface area contributed by atoms with Crippen molar-refractivity contribution in [1.29, 1.82) is 0 Å². The van der Waals surface area contributed by atoms with Gasteiger partial charge in [-0.25, -0.2) is 22.7 Å². The van der Waals surface area contributed by atoms with Gasteiger partial charge >= 0.3 is 22.3 Å². The molecule has 1 atom stereocenters. The van der Waals surface area contributed by atoms with E-state index >= 15 is 0 Å². The van der Waals surface area contributed by atoms with E-state index in [0.717, 1.165) is 17.7 Å². The third kappa shape index (κ3) is 10.5. The van der Waals surface area contributed by atoms with Gasteiger partial charge in [-0.15, -0.1) is 3.89 Å². The molecule has 0 aliphatic rings. The summed E-state index contributed by atoms with van der Waals surface area (Å²) < 4.78 is 72.8. The van der Waals surface area contributed by atoms with Gasteiger partial charge in [-0.3, -0.25) is 0 Å². The molecule has 39 heavy (non-hydrogen) atoms. The van der Waals surface area contributed by atoms with Crippen LogP contribution in [0.25, 0.3) is 0 Å². The van der Waals surface area contributed by atoms with E-state index in [1.165, 1.54) is 12.1 Å². The first-order chi connectivity index (χ1) is 18.5. The molecule has 0 unspecified atom stereocenters. The SMILES string of the molecule is O=C(N[C@H](CCS(=O)(=O)NCc1ccc(S(=O)(=O)F)cc1)C(=O)OCc1ccccc1)OCc1ccccc1. The fraction of sp³-hybridized carbons (Fsp3) is 0.231. The third-order valence-corrected chi connectivity index (χ3v) is 7.58. The minimum Gasteiger partial charge on any atom is -0.459 e. The highest BCUT2D eigenvalue weighted by Crippen LogP contribution is 2.13. The van der Waals surface area contributed by atoms with Crippen molar-refractivity contribution in [2.45, 2.75) is 37.1 Å². The van der Waals surface area contributed by atoms with E-state index in [1.54, 1.807) is 60.7 Å². The lowest BCUT2D eigenvalue weighted by atomic mass is 10.2. The minimum absolute atomic E-state index is 0.0548. The number of carbonyl (C=O) groups is 2. The average molecular weight is 579 g/mol. The Morgan fingerprint density at radius 3 is 1.82 bits per heavy atom. The molecular formula is C26H27FN2O8S2. The highest BCUT2D eigenvalue weighted by atomic mass is 32.3. The molecule has 2 N–H and O–H groups in total. The number of alkyl carbamates (subject to hydrolysis) is 1. The van der Waals surface area contributed by atoms with Gasteiger partial charge in [0.05, 0.1) is 10.6 Å². The Morgan fingerprint density at radius 1 is 0.744 bits per heavy atom. The van der Waals surface area contributed by atoms with Crippen molar-refractivity contribution < 1.29 is 39.8 Å². The molecule has 0 saturated carbocycles. The van der Waals surface area contributed by atoms with Crippen molar-refractivity contribution in [3.05, 3.63) is 102 Å². The van der Waals surface area contributed by atoms with Gasteiger partial charge in [0, 0.05) is 6.54 Å². The van der Waals surface area contributed by atoms with Gasteiger partial charge in [0.15, 0.2) is 0 Å². The van der Waals surface area contributed by atoms with Crippen LogP contribution in [0.2, 0.25) is 0 Å². The smallest absolute Gasteiger partial charge is 0.408 e. The lowest BCUT2D eigenvalue weighted by Crippen LogP contribution is -2.43. The van der Waals surface area contributed by atoms with Gasteiger partial charge in [-0.05, 0) is 35.2 Å². The summed E-state index contributed by atoms with van der Waals surface area (Å²) in [6.45, 7) is -0.335. The van der Waals surface area contributed by atoms with E-state index in [0.29, 0.717) is 11.1 Å². The summed E-state index contributed by atoms with van der Waals surface area (Å²) in [5.41, 5.74) is 1.81. The van der Waals surface area contributed by atoms with Crippen LogP contribution in [0.3, 0.4) is 0 Å². The average Bonchev–Trinajstić information content (AvgIpc) is 2.92. The van der Waals surface area contributed by atoms with E-state index in [2.05, 4.69) is 10.0 Å². The van der Waals surface area contributed by atoms with Gasteiger partial charge in [-0.2, -0.15) is 8.42 Å². The first-order valence-electron chi connectivity index (χ1n) is 11.7. The molecule has 3 aromatic carbocycles. The molecule has 13 heteroatoms. The number of rotatable bonds is 13. The van der Waals surface area contributed by atoms with Gasteiger partial charge in [0.2, 0.25) is 10.0 Å². The number of ether oxygens (including phenoxy) is 2. The molecule has 0 spiro atoms. The van der Waals surface area contributed by atoms with Gasteiger partial charge in [0.1, 0.15) is 19.3 Å².